The highest BCUT2D eigenvalue weighted by Crippen LogP contribution is 2.24. The fraction of sp³-hybridized carbons (Fsp3) is 0. The molecule has 0 amide bonds. The van der Waals surface area contributed by atoms with E-state index in [0.29, 0.717) is 22.9 Å². The molecule has 4 aromatic carbocycles. The molecule has 13 heteroatoms. The Balaban J connectivity index is 1.37. The monoisotopic (exact) mass is 537 g/mol. The number of nitrogen functional groups attached to an aromatic ring is 2. The molecule has 4 aromatic rings. The van der Waals surface area contributed by atoms with Gasteiger partial charge in [-0.25, -0.2) is 16.8 Å². The zero-order chi connectivity index (χ0) is 26.5. The summed E-state index contributed by atoms with van der Waals surface area (Å²) in [5.41, 5.74) is 12.6. The van der Waals surface area contributed by atoms with Crippen LogP contribution in [0.4, 0.5) is 22.7 Å². The zero-order valence-corrected chi connectivity index (χ0v) is 20.9. The number of benzene rings is 4. The fourth-order valence-corrected chi connectivity index (χ4v) is 5.40. The van der Waals surface area contributed by atoms with E-state index in [1.165, 1.54) is 36.4 Å². The average Bonchev–Trinajstić information content (AvgIpc) is 2.84. The Bertz CT molecular complexity index is 1510. The van der Waals surface area contributed by atoms with Crippen molar-refractivity contribution in [3.63, 3.8) is 0 Å². The second kappa shape index (κ2) is 10.7. The summed E-state index contributed by atoms with van der Waals surface area (Å²) in [7, 11) is -6.66. The SMILES string of the molecule is Nc1cccc(S(=O)(=O)Nc2cccc(O[B]Oc3cccc(NS(=O)(=O)c4cccc(N)c4)c3)c2)c1. The van der Waals surface area contributed by atoms with Crippen LogP contribution in [0.3, 0.4) is 0 Å². The highest BCUT2D eigenvalue weighted by atomic mass is 32.2. The highest BCUT2D eigenvalue weighted by molar-refractivity contribution is 7.93. The minimum atomic E-state index is -3.85. The van der Waals surface area contributed by atoms with Crippen molar-refractivity contribution in [1.82, 2.24) is 0 Å². The summed E-state index contributed by atoms with van der Waals surface area (Å²) >= 11 is 0. The number of sulfonamides is 2. The van der Waals surface area contributed by atoms with Gasteiger partial charge in [0.2, 0.25) is 0 Å². The molecule has 0 aromatic heterocycles. The van der Waals surface area contributed by atoms with Gasteiger partial charge in [0, 0.05) is 23.5 Å². The van der Waals surface area contributed by atoms with E-state index in [4.69, 9.17) is 20.8 Å². The second-order valence-corrected chi connectivity index (χ2v) is 11.1. The smallest absolute Gasteiger partial charge is 0.526 e. The molecular weight excluding hydrogens is 515 g/mol. The van der Waals surface area contributed by atoms with Crippen LogP contribution in [-0.4, -0.2) is 24.5 Å². The molecular formula is C24H22BN4O6S2. The van der Waals surface area contributed by atoms with Crippen molar-refractivity contribution in [3.05, 3.63) is 97.1 Å². The van der Waals surface area contributed by atoms with Crippen molar-refractivity contribution < 1.29 is 26.1 Å². The van der Waals surface area contributed by atoms with E-state index in [9.17, 15) is 16.8 Å². The Morgan fingerprint density at radius 3 is 1.38 bits per heavy atom. The predicted molar refractivity (Wildman–Crippen MR) is 143 cm³/mol. The summed E-state index contributed by atoms with van der Waals surface area (Å²) in [6, 6.07) is 24.3. The van der Waals surface area contributed by atoms with Gasteiger partial charge in [0.25, 0.3) is 20.0 Å². The predicted octanol–water partition coefficient (Wildman–Crippen LogP) is 3.44. The summed E-state index contributed by atoms with van der Waals surface area (Å²) in [6.45, 7) is 0. The number of hydrogen-bond donors (Lipinski definition) is 4. The molecule has 0 saturated carbocycles. The molecule has 0 aliphatic heterocycles. The number of nitrogens with one attached hydrogen (secondary N) is 2. The van der Waals surface area contributed by atoms with Crippen molar-refractivity contribution in [2.24, 2.45) is 0 Å². The summed E-state index contributed by atoms with van der Waals surface area (Å²) in [4.78, 5) is 0.0555. The standard InChI is InChI=1S/C24H22BN4O6S2/c26-17-5-1-11-23(13-17)36(30,31)28-19-7-3-9-21(15-19)34-25-35-22-10-4-8-20(16-22)29-37(32,33)24-12-2-6-18(27)14-24/h1-16,28-29H,26-27H2. The molecule has 0 atom stereocenters. The molecule has 0 aliphatic rings. The third-order valence-corrected chi connectivity index (χ3v) is 7.64. The van der Waals surface area contributed by atoms with Crippen LogP contribution in [-0.2, 0) is 20.0 Å². The van der Waals surface area contributed by atoms with E-state index in [0.717, 1.165) is 7.69 Å². The third-order valence-electron chi connectivity index (χ3n) is 4.88. The van der Waals surface area contributed by atoms with E-state index < -0.39 is 20.0 Å². The van der Waals surface area contributed by atoms with Gasteiger partial charge in [-0.15, -0.1) is 0 Å². The Labute approximate surface area is 215 Å². The molecule has 189 valence electrons. The molecule has 6 N–H and O–H groups in total. The van der Waals surface area contributed by atoms with Crippen LogP contribution in [0.5, 0.6) is 11.5 Å². The van der Waals surface area contributed by atoms with Crippen molar-refractivity contribution >= 4 is 50.5 Å². The molecule has 0 heterocycles. The maximum atomic E-state index is 12.6. The van der Waals surface area contributed by atoms with Gasteiger partial charge in [0.15, 0.2) is 0 Å². The van der Waals surface area contributed by atoms with Crippen LogP contribution in [0.15, 0.2) is 107 Å². The maximum absolute atomic E-state index is 12.6. The first-order valence-corrected chi connectivity index (χ1v) is 13.7. The molecule has 0 bridgehead atoms. The van der Waals surface area contributed by atoms with Gasteiger partial charge in [-0.1, -0.05) is 24.3 Å². The van der Waals surface area contributed by atoms with Gasteiger partial charge in [0.1, 0.15) is 11.5 Å². The molecule has 0 spiro atoms. The number of hydrogen-bond acceptors (Lipinski definition) is 8. The van der Waals surface area contributed by atoms with Crippen molar-refractivity contribution in [2.45, 2.75) is 9.79 Å². The van der Waals surface area contributed by atoms with Crippen LogP contribution in [0.25, 0.3) is 0 Å². The highest BCUT2D eigenvalue weighted by Gasteiger charge is 2.16. The minimum Gasteiger partial charge on any atom is -0.526 e. The van der Waals surface area contributed by atoms with Crippen LogP contribution in [0.2, 0.25) is 0 Å². The molecule has 0 fully saturated rings. The molecule has 37 heavy (non-hydrogen) atoms. The molecule has 4 rings (SSSR count). The maximum Gasteiger partial charge on any atom is 0.658 e. The van der Waals surface area contributed by atoms with Crippen molar-refractivity contribution in [3.8, 4) is 11.5 Å². The van der Waals surface area contributed by atoms with Crippen molar-refractivity contribution in [1.29, 1.82) is 0 Å². The Morgan fingerprint density at radius 1 is 0.568 bits per heavy atom. The molecule has 1 radical (unpaired) electrons. The fourth-order valence-electron chi connectivity index (χ4n) is 3.19. The minimum absolute atomic E-state index is 0.0277. The lowest BCUT2D eigenvalue weighted by Gasteiger charge is -2.12. The summed E-state index contributed by atoms with van der Waals surface area (Å²) < 4.78 is 66.3. The Morgan fingerprint density at radius 2 is 0.973 bits per heavy atom. The lowest BCUT2D eigenvalue weighted by molar-refractivity contribution is 0.459. The quantitative estimate of drug-likeness (QED) is 0.177. The van der Waals surface area contributed by atoms with Gasteiger partial charge in [-0.3, -0.25) is 9.44 Å². The van der Waals surface area contributed by atoms with Gasteiger partial charge in [-0.2, -0.15) is 0 Å². The Hall–Kier alpha value is -4.36. The Kier molecular flexibility index (Phi) is 7.46. The van der Waals surface area contributed by atoms with Crippen molar-refractivity contribution in [2.75, 3.05) is 20.9 Å². The number of anilines is 4. The number of rotatable bonds is 10. The van der Waals surface area contributed by atoms with Crippen LogP contribution < -0.4 is 30.2 Å². The lowest BCUT2D eigenvalue weighted by atomic mass is 10.2. The average molecular weight is 537 g/mol. The molecule has 0 aliphatic carbocycles. The summed E-state index contributed by atoms with van der Waals surface area (Å²) in [6.07, 6.45) is 0. The number of nitrogens with two attached hydrogens (primary N) is 2. The summed E-state index contributed by atoms with van der Waals surface area (Å²) in [5.74, 6) is 0.595. The van der Waals surface area contributed by atoms with E-state index in [1.54, 1.807) is 60.7 Å². The van der Waals surface area contributed by atoms with E-state index in [-0.39, 0.29) is 21.2 Å². The van der Waals surface area contributed by atoms with Crippen LogP contribution >= 0.6 is 0 Å². The summed E-state index contributed by atoms with van der Waals surface area (Å²) in [5, 5.41) is 0. The third kappa shape index (κ3) is 6.87. The zero-order valence-electron chi connectivity index (χ0n) is 19.2. The molecule has 0 unspecified atom stereocenters. The first-order chi connectivity index (χ1) is 17.6. The van der Waals surface area contributed by atoms with E-state index >= 15 is 0 Å². The van der Waals surface area contributed by atoms with E-state index in [2.05, 4.69) is 9.44 Å². The first-order valence-electron chi connectivity index (χ1n) is 10.7. The van der Waals surface area contributed by atoms with E-state index in [1.807, 2.05) is 0 Å². The topological polar surface area (TPSA) is 163 Å². The van der Waals surface area contributed by atoms with Gasteiger partial charge in [0.05, 0.1) is 21.2 Å². The van der Waals surface area contributed by atoms with Crippen LogP contribution in [0, 0.1) is 0 Å². The molecule has 10 nitrogen and oxygen atoms in total. The van der Waals surface area contributed by atoms with Crippen LogP contribution in [0.1, 0.15) is 0 Å². The normalized spacial score (nSPS) is 11.4. The molecule has 0 saturated heterocycles. The van der Waals surface area contributed by atoms with Gasteiger partial charge >= 0.3 is 7.69 Å². The second-order valence-electron chi connectivity index (χ2n) is 7.74. The van der Waals surface area contributed by atoms with Gasteiger partial charge < -0.3 is 20.8 Å². The largest absolute Gasteiger partial charge is 0.658 e. The van der Waals surface area contributed by atoms with Gasteiger partial charge in [-0.05, 0) is 60.7 Å². The lowest BCUT2D eigenvalue weighted by Crippen LogP contribution is -2.14. The first kappa shape index (κ1) is 25.7.